The molecule has 1 fully saturated rings. The van der Waals surface area contributed by atoms with Crippen LogP contribution >= 0.6 is 11.6 Å². The van der Waals surface area contributed by atoms with Crippen LogP contribution in [0.4, 0.5) is 5.69 Å². The van der Waals surface area contributed by atoms with Gasteiger partial charge in [0.05, 0.1) is 10.7 Å². The van der Waals surface area contributed by atoms with Crippen LogP contribution in [0, 0.1) is 0 Å². The molecule has 1 aliphatic heterocycles. The summed E-state index contributed by atoms with van der Waals surface area (Å²) in [6.07, 6.45) is 4.92. The molecular formula is C15H23ClN2. The van der Waals surface area contributed by atoms with E-state index in [4.69, 9.17) is 17.3 Å². The minimum Gasteiger partial charge on any atom is -0.370 e. The zero-order valence-corrected chi connectivity index (χ0v) is 11.9. The lowest BCUT2D eigenvalue weighted by atomic mass is 9.97. The van der Waals surface area contributed by atoms with Crippen LogP contribution in [0.3, 0.4) is 0 Å². The van der Waals surface area contributed by atoms with Gasteiger partial charge in [-0.25, -0.2) is 0 Å². The molecule has 18 heavy (non-hydrogen) atoms. The third-order valence-electron chi connectivity index (χ3n) is 3.84. The summed E-state index contributed by atoms with van der Waals surface area (Å²) >= 11 is 6.43. The molecule has 0 aromatic heterocycles. The van der Waals surface area contributed by atoms with Crippen molar-refractivity contribution in [3.63, 3.8) is 0 Å². The van der Waals surface area contributed by atoms with Gasteiger partial charge in [-0.3, -0.25) is 0 Å². The quantitative estimate of drug-likeness (QED) is 0.899. The molecule has 1 aliphatic rings. The van der Waals surface area contributed by atoms with Crippen LogP contribution < -0.4 is 10.6 Å². The van der Waals surface area contributed by atoms with Gasteiger partial charge in [-0.1, -0.05) is 24.6 Å². The summed E-state index contributed by atoms with van der Waals surface area (Å²) in [5.74, 6) is 0.489. The summed E-state index contributed by atoms with van der Waals surface area (Å²) in [4.78, 5) is 2.41. The molecule has 2 rings (SSSR count). The lowest BCUT2D eigenvalue weighted by molar-refractivity contribution is 0.577. The van der Waals surface area contributed by atoms with Crippen molar-refractivity contribution in [2.45, 2.75) is 38.5 Å². The van der Waals surface area contributed by atoms with E-state index in [-0.39, 0.29) is 0 Å². The van der Waals surface area contributed by atoms with Crippen molar-refractivity contribution in [1.29, 1.82) is 0 Å². The first-order valence-corrected chi connectivity index (χ1v) is 7.34. The maximum atomic E-state index is 6.43. The molecule has 0 bridgehead atoms. The maximum Gasteiger partial charge on any atom is 0.0642 e. The Hall–Kier alpha value is -0.730. The molecule has 1 saturated heterocycles. The van der Waals surface area contributed by atoms with E-state index < -0.39 is 0 Å². The average molecular weight is 267 g/mol. The number of nitrogens with zero attached hydrogens (tertiary/aromatic N) is 1. The van der Waals surface area contributed by atoms with E-state index in [0.29, 0.717) is 5.92 Å². The second-order valence-corrected chi connectivity index (χ2v) is 5.64. The molecule has 0 saturated carbocycles. The van der Waals surface area contributed by atoms with Crippen LogP contribution in [0.25, 0.3) is 0 Å². The van der Waals surface area contributed by atoms with Gasteiger partial charge in [0.15, 0.2) is 0 Å². The average Bonchev–Trinajstić information content (AvgIpc) is 2.40. The topological polar surface area (TPSA) is 29.3 Å². The van der Waals surface area contributed by atoms with E-state index in [1.54, 1.807) is 0 Å². The summed E-state index contributed by atoms with van der Waals surface area (Å²) in [6, 6.07) is 6.50. The van der Waals surface area contributed by atoms with Crippen molar-refractivity contribution in [3.8, 4) is 0 Å². The lowest BCUT2D eigenvalue weighted by Gasteiger charge is -2.30. The Balaban J connectivity index is 2.13. The molecule has 3 heteroatoms. The van der Waals surface area contributed by atoms with Crippen LogP contribution in [-0.4, -0.2) is 19.6 Å². The Morgan fingerprint density at radius 1 is 1.28 bits per heavy atom. The normalized spacial score (nSPS) is 17.8. The van der Waals surface area contributed by atoms with Crippen LogP contribution in [0.5, 0.6) is 0 Å². The van der Waals surface area contributed by atoms with Crippen LogP contribution in [0.2, 0.25) is 5.02 Å². The maximum absolute atomic E-state index is 6.43. The number of halogens is 1. The fourth-order valence-electron chi connectivity index (χ4n) is 2.64. The first-order valence-electron chi connectivity index (χ1n) is 6.97. The van der Waals surface area contributed by atoms with Gasteiger partial charge in [0.1, 0.15) is 0 Å². The minimum atomic E-state index is 0.489. The van der Waals surface area contributed by atoms with Gasteiger partial charge in [0, 0.05) is 13.1 Å². The van der Waals surface area contributed by atoms with E-state index in [1.165, 1.54) is 30.5 Å². The number of anilines is 1. The molecule has 1 heterocycles. The van der Waals surface area contributed by atoms with Gasteiger partial charge in [-0.05, 0) is 55.8 Å². The highest BCUT2D eigenvalue weighted by molar-refractivity contribution is 6.33. The van der Waals surface area contributed by atoms with Crippen molar-refractivity contribution in [2.75, 3.05) is 24.5 Å². The number of rotatable bonds is 4. The molecule has 0 aliphatic carbocycles. The molecule has 0 spiro atoms. The van der Waals surface area contributed by atoms with E-state index in [0.717, 1.165) is 31.1 Å². The molecule has 1 aromatic carbocycles. The summed E-state index contributed by atoms with van der Waals surface area (Å²) in [7, 11) is 0. The van der Waals surface area contributed by atoms with Crippen LogP contribution in [-0.2, 0) is 0 Å². The first kappa shape index (κ1) is 13.7. The zero-order chi connectivity index (χ0) is 13.0. The summed E-state index contributed by atoms with van der Waals surface area (Å²) in [5, 5.41) is 0.887. The Morgan fingerprint density at radius 3 is 2.61 bits per heavy atom. The van der Waals surface area contributed by atoms with E-state index in [9.17, 15) is 0 Å². The van der Waals surface area contributed by atoms with E-state index in [2.05, 4.69) is 30.0 Å². The molecule has 100 valence electrons. The zero-order valence-electron chi connectivity index (χ0n) is 11.2. The van der Waals surface area contributed by atoms with Gasteiger partial charge in [-0.15, -0.1) is 0 Å². The molecule has 1 unspecified atom stereocenters. The number of hydrogen-bond acceptors (Lipinski definition) is 2. The predicted molar refractivity (Wildman–Crippen MR) is 79.6 cm³/mol. The molecule has 0 radical (unpaired) electrons. The summed E-state index contributed by atoms with van der Waals surface area (Å²) in [5.41, 5.74) is 8.10. The lowest BCUT2D eigenvalue weighted by Crippen LogP contribution is -2.29. The highest BCUT2D eigenvalue weighted by atomic mass is 35.5. The molecule has 0 amide bonds. The highest BCUT2D eigenvalue weighted by Crippen LogP contribution is 2.31. The van der Waals surface area contributed by atoms with Gasteiger partial charge >= 0.3 is 0 Å². The van der Waals surface area contributed by atoms with Crippen molar-refractivity contribution in [2.24, 2.45) is 5.73 Å². The Morgan fingerprint density at radius 2 is 2.00 bits per heavy atom. The molecule has 1 atom stereocenters. The van der Waals surface area contributed by atoms with Gasteiger partial charge in [0.2, 0.25) is 0 Å². The SMILES string of the molecule is CC(CCN)c1ccc(N2CCCCC2)c(Cl)c1. The second-order valence-electron chi connectivity index (χ2n) is 5.24. The van der Waals surface area contributed by atoms with Gasteiger partial charge < -0.3 is 10.6 Å². The number of nitrogens with two attached hydrogens (primary N) is 1. The number of piperidine rings is 1. The van der Waals surface area contributed by atoms with Crippen LogP contribution in [0.15, 0.2) is 18.2 Å². The fourth-order valence-corrected chi connectivity index (χ4v) is 2.95. The van der Waals surface area contributed by atoms with Gasteiger partial charge in [-0.2, -0.15) is 0 Å². The Labute approximate surface area is 115 Å². The van der Waals surface area contributed by atoms with Crippen molar-refractivity contribution in [3.05, 3.63) is 28.8 Å². The summed E-state index contributed by atoms with van der Waals surface area (Å²) < 4.78 is 0. The largest absolute Gasteiger partial charge is 0.370 e. The third-order valence-corrected chi connectivity index (χ3v) is 4.14. The second kappa shape index (κ2) is 6.44. The van der Waals surface area contributed by atoms with E-state index >= 15 is 0 Å². The van der Waals surface area contributed by atoms with Gasteiger partial charge in [0.25, 0.3) is 0 Å². The van der Waals surface area contributed by atoms with Crippen molar-refractivity contribution in [1.82, 2.24) is 0 Å². The molecular weight excluding hydrogens is 244 g/mol. The monoisotopic (exact) mass is 266 g/mol. The number of hydrogen-bond donors (Lipinski definition) is 1. The highest BCUT2D eigenvalue weighted by Gasteiger charge is 2.15. The smallest absolute Gasteiger partial charge is 0.0642 e. The van der Waals surface area contributed by atoms with Crippen molar-refractivity contribution < 1.29 is 0 Å². The summed E-state index contributed by atoms with van der Waals surface area (Å²) in [6.45, 7) is 5.21. The minimum absolute atomic E-state index is 0.489. The fraction of sp³-hybridized carbons (Fsp3) is 0.600. The standard InChI is InChI=1S/C15H23ClN2/c1-12(7-8-17)13-5-6-15(14(16)11-13)18-9-3-2-4-10-18/h5-6,11-12H,2-4,7-10,17H2,1H3. The molecule has 1 aromatic rings. The predicted octanol–water partition coefficient (Wildman–Crippen LogP) is 3.78. The Bertz CT molecular complexity index is 386. The number of benzene rings is 1. The van der Waals surface area contributed by atoms with E-state index in [1.807, 2.05) is 0 Å². The first-order chi connectivity index (χ1) is 8.72. The van der Waals surface area contributed by atoms with Crippen LogP contribution in [0.1, 0.15) is 44.1 Å². The Kier molecular flexibility index (Phi) is 4.90. The molecule has 2 N–H and O–H groups in total. The van der Waals surface area contributed by atoms with Crippen molar-refractivity contribution >= 4 is 17.3 Å². The molecule has 2 nitrogen and oxygen atoms in total. The third kappa shape index (κ3) is 3.18.